The van der Waals surface area contributed by atoms with Crippen LogP contribution in [-0.2, 0) is 4.79 Å². The van der Waals surface area contributed by atoms with E-state index in [0.717, 1.165) is 21.8 Å². The molecule has 7 nitrogen and oxygen atoms in total. The number of nitriles is 1. The molecule has 2 aliphatic heterocycles. The highest BCUT2D eigenvalue weighted by Crippen LogP contribution is 2.47. The minimum absolute atomic E-state index is 0.0225. The van der Waals surface area contributed by atoms with E-state index in [1.54, 1.807) is 38.4 Å². The van der Waals surface area contributed by atoms with Gasteiger partial charge in [-0.15, -0.1) is 0 Å². The van der Waals surface area contributed by atoms with Gasteiger partial charge in [-0.05, 0) is 30.7 Å². The number of carbonyl (C=O) groups is 1. The highest BCUT2D eigenvalue weighted by Gasteiger charge is 2.39. The summed E-state index contributed by atoms with van der Waals surface area (Å²) in [6.45, 7) is 2.47. The second kappa shape index (κ2) is 9.05. The quantitative estimate of drug-likeness (QED) is 0.673. The van der Waals surface area contributed by atoms with Crippen LogP contribution in [0.5, 0.6) is 17.2 Å². The molecule has 1 saturated heterocycles. The van der Waals surface area contributed by atoms with Gasteiger partial charge in [0.1, 0.15) is 5.75 Å². The van der Waals surface area contributed by atoms with Crippen LogP contribution < -0.4 is 19.1 Å². The minimum Gasteiger partial charge on any atom is -0.496 e. The lowest BCUT2D eigenvalue weighted by atomic mass is 9.85. The van der Waals surface area contributed by atoms with Crippen molar-refractivity contribution in [3.8, 4) is 23.3 Å². The molecule has 1 atom stereocenters. The third-order valence-corrected chi connectivity index (χ3v) is 6.93. The Labute approximate surface area is 192 Å². The molecule has 1 fully saturated rings. The first-order valence-corrected chi connectivity index (χ1v) is 11.2. The molecule has 0 spiro atoms. The Hall–Kier alpha value is -3.31. The van der Waals surface area contributed by atoms with E-state index in [0.29, 0.717) is 35.4 Å². The van der Waals surface area contributed by atoms with Gasteiger partial charge < -0.3 is 19.1 Å². The van der Waals surface area contributed by atoms with Gasteiger partial charge in [0.2, 0.25) is 5.91 Å². The van der Waals surface area contributed by atoms with Crippen LogP contribution in [0.4, 0.5) is 5.69 Å². The van der Waals surface area contributed by atoms with Crippen molar-refractivity contribution in [1.82, 2.24) is 4.90 Å². The lowest BCUT2D eigenvalue weighted by Gasteiger charge is -2.42. The average molecular weight is 452 g/mol. The monoisotopic (exact) mass is 451 g/mol. The Morgan fingerprint density at radius 1 is 1.06 bits per heavy atom. The van der Waals surface area contributed by atoms with Gasteiger partial charge in [0.25, 0.3) is 0 Å². The fourth-order valence-electron chi connectivity index (χ4n) is 4.14. The summed E-state index contributed by atoms with van der Waals surface area (Å²) in [6.07, 6.45) is 0.181. The normalized spacial score (nSPS) is 18.2. The van der Waals surface area contributed by atoms with Gasteiger partial charge >= 0.3 is 0 Å². The van der Waals surface area contributed by atoms with Crippen LogP contribution in [0.3, 0.4) is 0 Å². The van der Waals surface area contributed by atoms with Gasteiger partial charge in [-0.1, -0.05) is 23.9 Å². The zero-order valence-electron chi connectivity index (χ0n) is 18.5. The van der Waals surface area contributed by atoms with E-state index in [1.165, 1.54) is 11.8 Å². The summed E-state index contributed by atoms with van der Waals surface area (Å²) >= 11 is 1.51. The number of methoxy groups -OCH3 is 3. The van der Waals surface area contributed by atoms with E-state index in [4.69, 9.17) is 14.2 Å². The number of ether oxygens (including phenoxy) is 3. The summed E-state index contributed by atoms with van der Waals surface area (Å²) < 4.78 is 16.4. The Morgan fingerprint density at radius 3 is 2.44 bits per heavy atom. The number of allylic oxidation sites excluding steroid dienone is 1. The predicted molar refractivity (Wildman–Crippen MR) is 124 cm³/mol. The number of hydrogen-bond acceptors (Lipinski definition) is 7. The van der Waals surface area contributed by atoms with Crippen molar-refractivity contribution in [1.29, 1.82) is 5.26 Å². The molecule has 4 rings (SSSR count). The Kier molecular flexibility index (Phi) is 6.19. The number of aryl methyl sites for hydroxylation is 1. The zero-order valence-corrected chi connectivity index (χ0v) is 19.4. The molecule has 32 heavy (non-hydrogen) atoms. The molecular formula is C24H25N3O4S. The predicted octanol–water partition coefficient (Wildman–Crippen LogP) is 4.24. The van der Waals surface area contributed by atoms with Gasteiger partial charge in [0.05, 0.1) is 50.5 Å². The molecule has 0 N–H and O–H groups in total. The molecule has 2 aliphatic rings. The molecule has 0 saturated carbocycles. The Balaban J connectivity index is 1.73. The molecule has 8 heteroatoms. The molecule has 0 unspecified atom stereocenters. The first-order chi connectivity index (χ1) is 15.5. The van der Waals surface area contributed by atoms with Crippen LogP contribution in [0, 0.1) is 18.3 Å². The van der Waals surface area contributed by atoms with Gasteiger partial charge in [0.15, 0.2) is 11.5 Å². The van der Waals surface area contributed by atoms with E-state index in [-0.39, 0.29) is 12.3 Å². The number of rotatable bonds is 5. The molecule has 0 aliphatic carbocycles. The highest BCUT2D eigenvalue weighted by molar-refractivity contribution is 8.03. The molecule has 2 heterocycles. The Morgan fingerprint density at radius 2 is 1.78 bits per heavy atom. The fraction of sp³-hybridized carbons (Fsp3) is 0.333. The number of hydrogen-bond donors (Lipinski definition) is 0. The van der Waals surface area contributed by atoms with Crippen molar-refractivity contribution in [2.45, 2.75) is 19.3 Å². The second-order valence-corrected chi connectivity index (χ2v) is 8.59. The molecule has 1 amide bonds. The molecule has 2 aromatic rings. The maximum atomic E-state index is 13.2. The number of thioether (sulfide) groups is 1. The summed E-state index contributed by atoms with van der Waals surface area (Å²) in [5.74, 6) is 1.84. The number of carbonyl (C=O) groups excluding carboxylic acids is 1. The van der Waals surface area contributed by atoms with Crippen LogP contribution in [0.2, 0.25) is 0 Å². The molecule has 0 radical (unpaired) electrons. The van der Waals surface area contributed by atoms with Gasteiger partial charge in [0, 0.05) is 29.7 Å². The van der Waals surface area contributed by atoms with Crippen molar-refractivity contribution in [3.05, 3.63) is 58.1 Å². The molecule has 0 aromatic heterocycles. The maximum Gasteiger partial charge on any atom is 0.229 e. The number of nitrogens with zero attached hydrogens (tertiary/aromatic N) is 3. The largest absolute Gasteiger partial charge is 0.496 e. The SMILES string of the molecule is COc1cc(OC)c([C@H]2CC(=O)N3CN(c4cccc(C)c4)CSC3=C2C#N)cc1OC. The lowest BCUT2D eigenvalue weighted by molar-refractivity contribution is -0.129. The number of amides is 1. The molecular weight excluding hydrogens is 426 g/mol. The van der Waals surface area contributed by atoms with Crippen molar-refractivity contribution in [2.24, 2.45) is 0 Å². The van der Waals surface area contributed by atoms with Crippen molar-refractivity contribution in [3.63, 3.8) is 0 Å². The smallest absolute Gasteiger partial charge is 0.229 e. The van der Waals surface area contributed by atoms with E-state index in [1.807, 2.05) is 25.1 Å². The lowest BCUT2D eigenvalue weighted by Crippen LogP contribution is -2.47. The van der Waals surface area contributed by atoms with Crippen LogP contribution in [0.1, 0.15) is 23.5 Å². The number of anilines is 1. The summed E-state index contributed by atoms with van der Waals surface area (Å²) in [7, 11) is 4.68. The standard InChI is InChI=1S/C24H25N3O4S/c1-15-6-5-7-16(8-15)26-13-27-23(28)10-17(19(12-25)24(27)32-14-26)18-9-21(30-3)22(31-4)11-20(18)29-2/h5-9,11,17H,10,13-14H2,1-4H3/t17-/m1/s1. The van der Waals surface area contributed by atoms with Crippen LogP contribution >= 0.6 is 11.8 Å². The number of fused-ring (bicyclic) bond motifs is 1. The minimum atomic E-state index is -0.411. The maximum absolute atomic E-state index is 13.2. The molecule has 2 aromatic carbocycles. The van der Waals surface area contributed by atoms with E-state index in [9.17, 15) is 10.1 Å². The van der Waals surface area contributed by atoms with Crippen molar-refractivity contribution >= 4 is 23.4 Å². The van der Waals surface area contributed by atoms with E-state index >= 15 is 0 Å². The molecule has 0 bridgehead atoms. The average Bonchev–Trinajstić information content (AvgIpc) is 2.82. The summed E-state index contributed by atoms with van der Waals surface area (Å²) in [5.41, 5.74) is 3.54. The topological polar surface area (TPSA) is 75.0 Å². The summed E-state index contributed by atoms with van der Waals surface area (Å²) in [5, 5.41) is 10.8. The third-order valence-electron chi connectivity index (χ3n) is 5.77. The second-order valence-electron chi connectivity index (χ2n) is 7.65. The van der Waals surface area contributed by atoms with Gasteiger partial charge in [-0.2, -0.15) is 5.26 Å². The fourth-order valence-corrected chi connectivity index (χ4v) is 5.31. The molecule has 166 valence electrons. The van der Waals surface area contributed by atoms with Crippen molar-refractivity contribution < 1.29 is 19.0 Å². The summed E-state index contributed by atoms with van der Waals surface area (Å²) in [6, 6.07) is 14.1. The van der Waals surface area contributed by atoms with E-state index in [2.05, 4.69) is 17.0 Å². The van der Waals surface area contributed by atoms with Gasteiger partial charge in [-0.25, -0.2) is 0 Å². The van der Waals surface area contributed by atoms with Gasteiger partial charge in [-0.3, -0.25) is 9.69 Å². The summed E-state index contributed by atoms with van der Waals surface area (Å²) in [4.78, 5) is 17.1. The zero-order chi connectivity index (χ0) is 22.8. The van der Waals surface area contributed by atoms with Crippen molar-refractivity contribution in [2.75, 3.05) is 38.8 Å². The van der Waals surface area contributed by atoms with Crippen LogP contribution in [0.25, 0.3) is 0 Å². The van der Waals surface area contributed by atoms with Crippen LogP contribution in [0.15, 0.2) is 47.0 Å². The first-order valence-electron chi connectivity index (χ1n) is 10.2. The number of benzene rings is 2. The first kappa shape index (κ1) is 21.9. The third kappa shape index (κ3) is 3.84. The Bertz CT molecular complexity index is 1120. The van der Waals surface area contributed by atoms with Crippen LogP contribution in [-0.4, -0.2) is 44.7 Å². The van der Waals surface area contributed by atoms with E-state index < -0.39 is 5.92 Å². The highest BCUT2D eigenvalue weighted by atomic mass is 32.2.